The summed E-state index contributed by atoms with van der Waals surface area (Å²) >= 11 is 0. The standard InChI is InChI=1S/C8H14O2/c1-2-7(6-9)8-4-3-5-10-8/h2,7-9H,1,3-6H2/t7-,8-/m0/s1. The van der Waals surface area contributed by atoms with Gasteiger partial charge in [0.2, 0.25) is 0 Å². The van der Waals surface area contributed by atoms with Gasteiger partial charge in [0.25, 0.3) is 0 Å². The van der Waals surface area contributed by atoms with Gasteiger partial charge in [0.1, 0.15) is 0 Å². The zero-order valence-corrected chi connectivity index (χ0v) is 6.12. The SMILES string of the molecule is C=C[C@@H](CO)[C@@H]1CCCO1. The first-order valence-electron chi connectivity index (χ1n) is 3.73. The average molecular weight is 142 g/mol. The largest absolute Gasteiger partial charge is 0.396 e. The number of ether oxygens (including phenoxy) is 1. The molecule has 0 aliphatic carbocycles. The fourth-order valence-electron chi connectivity index (χ4n) is 1.28. The van der Waals surface area contributed by atoms with Crippen LogP contribution in [0.1, 0.15) is 12.8 Å². The van der Waals surface area contributed by atoms with E-state index >= 15 is 0 Å². The second-order valence-electron chi connectivity index (χ2n) is 2.63. The maximum Gasteiger partial charge on any atom is 0.0660 e. The minimum absolute atomic E-state index is 0.141. The highest BCUT2D eigenvalue weighted by molar-refractivity contribution is 4.86. The third-order valence-corrected chi connectivity index (χ3v) is 1.96. The Hall–Kier alpha value is -0.340. The Morgan fingerprint density at radius 3 is 3.00 bits per heavy atom. The smallest absolute Gasteiger partial charge is 0.0660 e. The van der Waals surface area contributed by atoms with E-state index in [1.807, 2.05) is 0 Å². The number of aliphatic hydroxyl groups excluding tert-OH is 1. The maximum atomic E-state index is 8.84. The van der Waals surface area contributed by atoms with Crippen molar-refractivity contribution < 1.29 is 9.84 Å². The van der Waals surface area contributed by atoms with E-state index in [0.29, 0.717) is 0 Å². The van der Waals surface area contributed by atoms with Crippen LogP contribution in [0.5, 0.6) is 0 Å². The van der Waals surface area contributed by atoms with Crippen LogP contribution in [-0.2, 0) is 4.74 Å². The second kappa shape index (κ2) is 3.74. The Labute approximate surface area is 61.5 Å². The van der Waals surface area contributed by atoms with Gasteiger partial charge >= 0.3 is 0 Å². The fourth-order valence-corrected chi connectivity index (χ4v) is 1.28. The zero-order chi connectivity index (χ0) is 7.40. The first-order chi connectivity index (χ1) is 4.88. The van der Waals surface area contributed by atoms with Crippen molar-refractivity contribution in [1.29, 1.82) is 0 Å². The molecule has 0 aromatic carbocycles. The van der Waals surface area contributed by atoms with Crippen LogP contribution in [0.15, 0.2) is 12.7 Å². The van der Waals surface area contributed by atoms with E-state index in [4.69, 9.17) is 9.84 Å². The maximum absolute atomic E-state index is 8.84. The molecule has 1 aliphatic rings. The summed E-state index contributed by atoms with van der Waals surface area (Å²) in [6, 6.07) is 0. The van der Waals surface area contributed by atoms with E-state index in [9.17, 15) is 0 Å². The molecule has 0 spiro atoms. The van der Waals surface area contributed by atoms with Gasteiger partial charge in [-0.1, -0.05) is 6.08 Å². The number of aliphatic hydroxyl groups is 1. The normalized spacial score (nSPS) is 28.3. The topological polar surface area (TPSA) is 29.5 Å². The molecular formula is C8H14O2. The number of hydrogen-bond acceptors (Lipinski definition) is 2. The van der Waals surface area contributed by atoms with Crippen molar-refractivity contribution in [1.82, 2.24) is 0 Å². The fraction of sp³-hybridized carbons (Fsp3) is 0.750. The van der Waals surface area contributed by atoms with E-state index in [2.05, 4.69) is 6.58 Å². The van der Waals surface area contributed by atoms with Crippen LogP contribution in [-0.4, -0.2) is 24.4 Å². The van der Waals surface area contributed by atoms with Crippen LogP contribution in [0.4, 0.5) is 0 Å². The first kappa shape index (κ1) is 7.76. The molecular weight excluding hydrogens is 128 g/mol. The summed E-state index contributed by atoms with van der Waals surface area (Å²) in [7, 11) is 0. The minimum Gasteiger partial charge on any atom is -0.396 e. The molecule has 1 N–H and O–H groups in total. The summed E-state index contributed by atoms with van der Waals surface area (Å²) in [6.07, 6.45) is 4.19. The second-order valence-corrected chi connectivity index (χ2v) is 2.63. The van der Waals surface area contributed by atoms with Crippen LogP contribution in [0, 0.1) is 5.92 Å². The average Bonchev–Trinajstić information content (AvgIpc) is 2.43. The van der Waals surface area contributed by atoms with E-state index in [1.165, 1.54) is 0 Å². The van der Waals surface area contributed by atoms with Gasteiger partial charge < -0.3 is 9.84 Å². The summed E-state index contributed by atoms with van der Waals surface area (Å²) in [4.78, 5) is 0. The van der Waals surface area contributed by atoms with Crippen molar-refractivity contribution in [2.24, 2.45) is 5.92 Å². The van der Waals surface area contributed by atoms with Crippen LogP contribution in [0.2, 0.25) is 0 Å². The molecule has 1 rings (SSSR count). The first-order valence-corrected chi connectivity index (χ1v) is 3.73. The van der Waals surface area contributed by atoms with Crippen molar-refractivity contribution in [3.8, 4) is 0 Å². The molecule has 2 atom stereocenters. The van der Waals surface area contributed by atoms with E-state index in [-0.39, 0.29) is 18.6 Å². The Kier molecular flexibility index (Phi) is 2.90. The highest BCUT2D eigenvalue weighted by Crippen LogP contribution is 2.20. The molecule has 0 amide bonds. The zero-order valence-electron chi connectivity index (χ0n) is 6.12. The third kappa shape index (κ3) is 1.58. The highest BCUT2D eigenvalue weighted by atomic mass is 16.5. The van der Waals surface area contributed by atoms with Gasteiger partial charge in [-0.3, -0.25) is 0 Å². The van der Waals surface area contributed by atoms with Gasteiger partial charge in [0.15, 0.2) is 0 Å². The van der Waals surface area contributed by atoms with Crippen molar-refractivity contribution in [3.05, 3.63) is 12.7 Å². The van der Waals surface area contributed by atoms with Gasteiger partial charge in [-0.05, 0) is 12.8 Å². The Morgan fingerprint density at radius 1 is 1.80 bits per heavy atom. The molecule has 0 aromatic heterocycles. The lowest BCUT2D eigenvalue weighted by molar-refractivity contribution is 0.0559. The molecule has 1 aliphatic heterocycles. The van der Waals surface area contributed by atoms with Crippen LogP contribution in [0.25, 0.3) is 0 Å². The molecule has 1 heterocycles. The molecule has 2 heteroatoms. The van der Waals surface area contributed by atoms with Crippen molar-refractivity contribution >= 4 is 0 Å². The predicted molar refractivity (Wildman–Crippen MR) is 39.7 cm³/mol. The van der Waals surface area contributed by atoms with Crippen molar-refractivity contribution in [2.45, 2.75) is 18.9 Å². The monoisotopic (exact) mass is 142 g/mol. The predicted octanol–water partition coefficient (Wildman–Crippen LogP) is 0.960. The van der Waals surface area contributed by atoms with Crippen LogP contribution < -0.4 is 0 Å². The van der Waals surface area contributed by atoms with Crippen molar-refractivity contribution in [3.63, 3.8) is 0 Å². The number of rotatable bonds is 3. The summed E-state index contributed by atoms with van der Waals surface area (Å²) in [6.45, 7) is 4.64. The van der Waals surface area contributed by atoms with Crippen LogP contribution >= 0.6 is 0 Å². The van der Waals surface area contributed by atoms with Gasteiger partial charge in [-0.15, -0.1) is 6.58 Å². The number of hydrogen-bond donors (Lipinski definition) is 1. The van der Waals surface area contributed by atoms with Gasteiger partial charge in [-0.25, -0.2) is 0 Å². The van der Waals surface area contributed by atoms with E-state index < -0.39 is 0 Å². The Morgan fingerprint density at radius 2 is 2.60 bits per heavy atom. The third-order valence-electron chi connectivity index (χ3n) is 1.96. The molecule has 1 saturated heterocycles. The molecule has 10 heavy (non-hydrogen) atoms. The molecule has 0 saturated carbocycles. The Balaban J connectivity index is 2.36. The van der Waals surface area contributed by atoms with Crippen LogP contribution in [0.3, 0.4) is 0 Å². The van der Waals surface area contributed by atoms with Gasteiger partial charge in [0, 0.05) is 12.5 Å². The molecule has 0 radical (unpaired) electrons. The summed E-state index contributed by atoms with van der Waals surface area (Å²) < 4.78 is 5.37. The lowest BCUT2D eigenvalue weighted by atomic mass is 10.0. The van der Waals surface area contributed by atoms with Gasteiger partial charge in [-0.2, -0.15) is 0 Å². The molecule has 0 aromatic rings. The van der Waals surface area contributed by atoms with Crippen molar-refractivity contribution in [2.75, 3.05) is 13.2 Å². The van der Waals surface area contributed by atoms with Gasteiger partial charge in [0.05, 0.1) is 12.7 Å². The summed E-state index contributed by atoms with van der Waals surface area (Å²) in [5.41, 5.74) is 0. The Bertz CT molecular complexity index is 106. The molecule has 1 fully saturated rings. The lowest BCUT2D eigenvalue weighted by Gasteiger charge is -2.15. The van der Waals surface area contributed by atoms with E-state index in [1.54, 1.807) is 6.08 Å². The highest BCUT2D eigenvalue weighted by Gasteiger charge is 2.22. The lowest BCUT2D eigenvalue weighted by Crippen LogP contribution is -2.20. The molecule has 2 nitrogen and oxygen atoms in total. The summed E-state index contributed by atoms with van der Waals surface area (Å²) in [5, 5.41) is 8.84. The summed E-state index contributed by atoms with van der Waals surface area (Å²) in [5.74, 6) is 0.141. The molecule has 58 valence electrons. The van der Waals surface area contributed by atoms with E-state index in [0.717, 1.165) is 19.4 Å². The molecule has 0 unspecified atom stereocenters. The quantitative estimate of drug-likeness (QED) is 0.595. The minimum atomic E-state index is 0.141. The molecule has 0 bridgehead atoms.